The van der Waals surface area contributed by atoms with Crippen LogP contribution in [-0.2, 0) is 14.3 Å². The average Bonchev–Trinajstić information content (AvgIpc) is 2.66. The van der Waals surface area contributed by atoms with E-state index in [1.54, 1.807) is 36.3 Å². The largest absolute Gasteiger partial charge is 0.497 e. The van der Waals surface area contributed by atoms with Crippen molar-refractivity contribution in [1.82, 2.24) is 9.80 Å². The van der Waals surface area contributed by atoms with Crippen LogP contribution in [0, 0.1) is 0 Å². The Morgan fingerprint density at radius 1 is 1.16 bits per heavy atom. The third kappa shape index (κ3) is 4.45. The molecule has 1 heterocycles. The van der Waals surface area contributed by atoms with Crippen LogP contribution in [-0.4, -0.2) is 79.5 Å². The molecule has 0 aromatic heterocycles. The quantitative estimate of drug-likeness (QED) is 0.720. The van der Waals surface area contributed by atoms with Gasteiger partial charge in [-0.25, -0.2) is 4.79 Å². The summed E-state index contributed by atoms with van der Waals surface area (Å²) in [6, 6.07) is 5.89. The summed E-state index contributed by atoms with van der Waals surface area (Å²) in [4.78, 5) is 40.1. The monoisotopic (exact) mass is 366 g/mol. The van der Waals surface area contributed by atoms with Gasteiger partial charge in [-0.15, -0.1) is 0 Å². The van der Waals surface area contributed by atoms with Crippen LogP contribution in [0.4, 0.5) is 0 Å². The van der Waals surface area contributed by atoms with E-state index in [-0.39, 0.29) is 24.9 Å². The number of thioether (sulfide) groups is 1. The van der Waals surface area contributed by atoms with Crippen LogP contribution in [0.3, 0.4) is 0 Å². The fourth-order valence-electron chi connectivity index (χ4n) is 2.70. The number of nitrogens with zero attached hydrogens (tertiary/aromatic N) is 2. The smallest absolute Gasteiger partial charge is 0.330 e. The molecular weight excluding hydrogens is 344 g/mol. The molecule has 0 spiro atoms. The van der Waals surface area contributed by atoms with Crippen LogP contribution < -0.4 is 4.74 Å². The number of esters is 1. The molecule has 0 bridgehead atoms. The molecule has 1 aromatic rings. The lowest BCUT2D eigenvalue weighted by molar-refractivity contribution is -0.149. The van der Waals surface area contributed by atoms with E-state index in [9.17, 15) is 14.4 Å². The summed E-state index contributed by atoms with van der Waals surface area (Å²) in [6.45, 7) is 0.827. The first-order valence-electron chi connectivity index (χ1n) is 7.81. The molecule has 136 valence electrons. The number of rotatable bonds is 5. The topological polar surface area (TPSA) is 76.2 Å². The zero-order valence-corrected chi connectivity index (χ0v) is 15.4. The van der Waals surface area contributed by atoms with Crippen molar-refractivity contribution in [2.45, 2.75) is 6.04 Å². The SMILES string of the molecule is COC(=O)C1CN(C(=O)CSC)CCN1C(=O)c1ccc(OC)cc1. The van der Waals surface area contributed by atoms with E-state index in [4.69, 9.17) is 9.47 Å². The minimum Gasteiger partial charge on any atom is -0.497 e. The predicted octanol–water partition coefficient (Wildman–Crippen LogP) is 0.884. The van der Waals surface area contributed by atoms with Crippen LogP contribution in [0.5, 0.6) is 5.75 Å². The summed E-state index contributed by atoms with van der Waals surface area (Å²) < 4.78 is 9.92. The number of amides is 2. The van der Waals surface area contributed by atoms with E-state index in [0.717, 1.165) is 0 Å². The number of hydrogen-bond acceptors (Lipinski definition) is 6. The average molecular weight is 366 g/mol. The Morgan fingerprint density at radius 3 is 2.40 bits per heavy atom. The standard InChI is InChI=1S/C17H22N2O5S/c1-23-13-6-4-12(5-7-13)16(21)19-9-8-18(15(20)11-25-3)10-14(19)17(22)24-2/h4-7,14H,8-11H2,1-3H3. The van der Waals surface area contributed by atoms with Crippen LogP contribution in [0.25, 0.3) is 0 Å². The molecule has 0 saturated carbocycles. The minimum atomic E-state index is -0.806. The normalized spacial score (nSPS) is 17.2. The molecule has 25 heavy (non-hydrogen) atoms. The number of hydrogen-bond donors (Lipinski definition) is 0. The first-order chi connectivity index (χ1) is 12.0. The molecule has 2 amide bonds. The zero-order chi connectivity index (χ0) is 18.4. The van der Waals surface area contributed by atoms with Crippen molar-refractivity contribution in [3.05, 3.63) is 29.8 Å². The van der Waals surface area contributed by atoms with Crippen molar-refractivity contribution in [3.63, 3.8) is 0 Å². The van der Waals surface area contributed by atoms with Gasteiger partial charge in [0.1, 0.15) is 11.8 Å². The second kappa shape index (κ2) is 8.75. The van der Waals surface area contributed by atoms with E-state index in [0.29, 0.717) is 23.6 Å². The Bertz CT molecular complexity index is 634. The number of methoxy groups -OCH3 is 2. The molecule has 0 aliphatic carbocycles. The van der Waals surface area contributed by atoms with Crippen LogP contribution >= 0.6 is 11.8 Å². The summed E-state index contributed by atoms with van der Waals surface area (Å²) >= 11 is 1.43. The van der Waals surface area contributed by atoms with E-state index in [2.05, 4.69) is 0 Å². The van der Waals surface area contributed by atoms with Crippen molar-refractivity contribution < 1.29 is 23.9 Å². The number of benzene rings is 1. The Morgan fingerprint density at radius 2 is 1.84 bits per heavy atom. The number of piperazine rings is 1. The number of ether oxygens (including phenoxy) is 2. The van der Waals surface area contributed by atoms with Crippen molar-refractivity contribution in [3.8, 4) is 5.75 Å². The van der Waals surface area contributed by atoms with Gasteiger partial charge < -0.3 is 19.3 Å². The van der Waals surface area contributed by atoms with Crippen LogP contribution in [0.1, 0.15) is 10.4 Å². The first-order valence-corrected chi connectivity index (χ1v) is 9.20. The van der Waals surface area contributed by atoms with Crippen LogP contribution in [0.2, 0.25) is 0 Å². The van der Waals surface area contributed by atoms with Gasteiger partial charge in [0.25, 0.3) is 5.91 Å². The first kappa shape index (κ1) is 19.1. The molecule has 0 N–H and O–H groups in total. The molecule has 7 nitrogen and oxygen atoms in total. The highest BCUT2D eigenvalue weighted by Crippen LogP contribution is 2.18. The van der Waals surface area contributed by atoms with E-state index < -0.39 is 12.0 Å². The van der Waals surface area contributed by atoms with Gasteiger partial charge in [0.05, 0.1) is 26.5 Å². The molecule has 0 radical (unpaired) electrons. The predicted molar refractivity (Wildman–Crippen MR) is 94.8 cm³/mol. The summed E-state index contributed by atoms with van der Waals surface area (Å²) in [5, 5.41) is 0. The summed E-state index contributed by atoms with van der Waals surface area (Å²) in [5.41, 5.74) is 0.457. The highest BCUT2D eigenvalue weighted by molar-refractivity contribution is 7.99. The van der Waals surface area contributed by atoms with E-state index in [1.807, 2.05) is 6.26 Å². The molecular formula is C17H22N2O5S. The van der Waals surface area contributed by atoms with Gasteiger partial charge >= 0.3 is 5.97 Å². The molecule has 1 aliphatic rings. The molecule has 8 heteroatoms. The Labute approximate surface area is 151 Å². The number of carbonyl (C=O) groups is 3. The lowest BCUT2D eigenvalue weighted by Crippen LogP contribution is -2.59. The lowest BCUT2D eigenvalue weighted by Gasteiger charge is -2.39. The van der Waals surface area contributed by atoms with Gasteiger partial charge in [-0.1, -0.05) is 0 Å². The maximum Gasteiger partial charge on any atom is 0.330 e. The second-order valence-electron chi connectivity index (χ2n) is 5.54. The summed E-state index contributed by atoms with van der Waals surface area (Å²) in [7, 11) is 2.83. The molecule has 1 atom stereocenters. The fraction of sp³-hybridized carbons (Fsp3) is 0.471. The van der Waals surface area contributed by atoms with Crippen molar-refractivity contribution in [1.29, 1.82) is 0 Å². The highest BCUT2D eigenvalue weighted by atomic mass is 32.2. The van der Waals surface area contributed by atoms with Crippen molar-refractivity contribution in [2.75, 3.05) is 45.9 Å². The Kier molecular flexibility index (Phi) is 6.69. The van der Waals surface area contributed by atoms with Crippen molar-refractivity contribution in [2.24, 2.45) is 0 Å². The summed E-state index contributed by atoms with van der Waals surface area (Å²) in [6.07, 6.45) is 1.85. The Hall–Kier alpha value is -2.22. The third-order valence-corrected chi connectivity index (χ3v) is 4.61. The van der Waals surface area contributed by atoms with Gasteiger partial charge in [0, 0.05) is 18.7 Å². The zero-order valence-electron chi connectivity index (χ0n) is 14.6. The molecule has 1 aliphatic heterocycles. The Balaban J connectivity index is 2.18. The van der Waals surface area contributed by atoms with Gasteiger partial charge in [-0.2, -0.15) is 11.8 Å². The maximum atomic E-state index is 12.8. The summed E-state index contributed by atoms with van der Waals surface area (Å²) in [5.74, 6) is 0.158. The van der Waals surface area contributed by atoms with Gasteiger partial charge in [-0.05, 0) is 30.5 Å². The molecule has 1 fully saturated rings. The third-order valence-electron chi connectivity index (χ3n) is 4.07. The van der Waals surface area contributed by atoms with Gasteiger partial charge in [0.15, 0.2) is 0 Å². The second-order valence-corrected chi connectivity index (χ2v) is 6.40. The lowest BCUT2D eigenvalue weighted by atomic mass is 10.1. The van der Waals surface area contributed by atoms with E-state index in [1.165, 1.54) is 23.8 Å². The minimum absolute atomic E-state index is 0.0436. The van der Waals surface area contributed by atoms with E-state index >= 15 is 0 Å². The molecule has 2 rings (SSSR count). The van der Waals surface area contributed by atoms with Crippen molar-refractivity contribution >= 4 is 29.5 Å². The molecule has 1 saturated heterocycles. The molecule has 1 aromatic carbocycles. The molecule has 1 unspecified atom stereocenters. The maximum absolute atomic E-state index is 12.8. The van der Waals surface area contributed by atoms with Gasteiger partial charge in [-0.3, -0.25) is 9.59 Å². The fourth-order valence-corrected chi connectivity index (χ4v) is 3.13. The highest BCUT2D eigenvalue weighted by Gasteiger charge is 2.37. The van der Waals surface area contributed by atoms with Crippen LogP contribution in [0.15, 0.2) is 24.3 Å². The number of carbonyl (C=O) groups excluding carboxylic acids is 3. The van der Waals surface area contributed by atoms with Gasteiger partial charge in [0.2, 0.25) is 5.91 Å².